The van der Waals surface area contributed by atoms with E-state index < -0.39 is 22.4 Å². The Kier molecular flexibility index (Phi) is 7.19. The molecule has 0 spiro atoms. The van der Waals surface area contributed by atoms with Crippen LogP contribution in [0.2, 0.25) is 5.15 Å². The smallest absolute Gasteiger partial charge is 0.331 e. The molecule has 3 aromatic rings. The van der Waals surface area contributed by atoms with Crippen molar-refractivity contribution >= 4 is 39.3 Å². The maximum absolute atomic E-state index is 13.3. The first kappa shape index (κ1) is 25.8. The highest BCUT2D eigenvalue weighted by Crippen LogP contribution is 2.30. The molecule has 8 nitrogen and oxygen atoms in total. The van der Waals surface area contributed by atoms with Gasteiger partial charge in [-0.2, -0.15) is 5.10 Å². The SMILES string of the molecule is Cc1nn([C@@H]2CCS(=O)(=O)C2)c(Cl)c1/C=C/C(=O)OCC(=O)c1cc(C)n(-c2ccc(F)cc2)c1C. The Labute approximate surface area is 213 Å². The van der Waals surface area contributed by atoms with Crippen molar-refractivity contribution in [1.82, 2.24) is 14.3 Å². The van der Waals surface area contributed by atoms with Crippen LogP contribution in [0.15, 0.2) is 36.4 Å². The summed E-state index contributed by atoms with van der Waals surface area (Å²) in [5.74, 6) is -1.40. The fourth-order valence-electron chi connectivity index (χ4n) is 4.38. The first-order chi connectivity index (χ1) is 17.0. The Morgan fingerprint density at radius 3 is 2.56 bits per heavy atom. The normalized spacial score (nSPS) is 17.1. The lowest BCUT2D eigenvalue weighted by molar-refractivity contribution is -0.136. The molecule has 0 N–H and O–H groups in total. The highest BCUT2D eigenvalue weighted by atomic mass is 35.5. The van der Waals surface area contributed by atoms with Crippen LogP contribution in [0.5, 0.6) is 0 Å². The number of aromatic nitrogens is 3. The first-order valence-electron chi connectivity index (χ1n) is 11.2. The van der Waals surface area contributed by atoms with Gasteiger partial charge < -0.3 is 9.30 Å². The van der Waals surface area contributed by atoms with Gasteiger partial charge in [-0.05, 0) is 63.6 Å². The molecule has 190 valence electrons. The van der Waals surface area contributed by atoms with Crippen LogP contribution in [-0.4, -0.2) is 52.6 Å². The van der Waals surface area contributed by atoms with Gasteiger partial charge in [0.2, 0.25) is 5.78 Å². The largest absolute Gasteiger partial charge is 0.454 e. The summed E-state index contributed by atoms with van der Waals surface area (Å²) in [6.45, 7) is 4.85. The monoisotopic (exact) mass is 533 g/mol. The van der Waals surface area contributed by atoms with Crippen LogP contribution >= 0.6 is 11.6 Å². The number of carbonyl (C=O) groups is 2. The molecule has 1 aliphatic rings. The Morgan fingerprint density at radius 1 is 1.22 bits per heavy atom. The molecule has 4 rings (SSSR count). The van der Waals surface area contributed by atoms with E-state index in [1.807, 2.05) is 11.5 Å². The molecular weight excluding hydrogens is 509 g/mol. The molecule has 2 aromatic heterocycles. The molecule has 1 aromatic carbocycles. The molecule has 3 heterocycles. The third-order valence-electron chi connectivity index (χ3n) is 6.17. The van der Waals surface area contributed by atoms with Gasteiger partial charge in [0.05, 0.1) is 23.2 Å². The molecule has 1 fully saturated rings. The Balaban J connectivity index is 1.42. The molecule has 36 heavy (non-hydrogen) atoms. The van der Waals surface area contributed by atoms with Gasteiger partial charge in [-0.1, -0.05) is 11.6 Å². The molecule has 1 atom stereocenters. The number of nitrogens with zero attached hydrogens (tertiary/aromatic N) is 3. The predicted molar refractivity (Wildman–Crippen MR) is 134 cm³/mol. The summed E-state index contributed by atoms with van der Waals surface area (Å²) in [5.41, 5.74) is 3.57. The molecule has 0 bridgehead atoms. The van der Waals surface area contributed by atoms with E-state index >= 15 is 0 Å². The molecule has 11 heteroatoms. The van der Waals surface area contributed by atoms with E-state index in [4.69, 9.17) is 16.3 Å². The number of hydrogen-bond acceptors (Lipinski definition) is 6. The van der Waals surface area contributed by atoms with Crippen LogP contribution in [0.4, 0.5) is 4.39 Å². The Bertz CT molecular complexity index is 1470. The van der Waals surface area contributed by atoms with E-state index in [1.54, 1.807) is 32.0 Å². The summed E-state index contributed by atoms with van der Waals surface area (Å²) in [6, 6.07) is 7.28. The summed E-state index contributed by atoms with van der Waals surface area (Å²) < 4.78 is 45.3. The van der Waals surface area contributed by atoms with Crippen molar-refractivity contribution in [3.63, 3.8) is 0 Å². The first-order valence-corrected chi connectivity index (χ1v) is 13.4. The summed E-state index contributed by atoms with van der Waals surface area (Å²) in [5, 5.41) is 4.58. The van der Waals surface area contributed by atoms with E-state index in [9.17, 15) is 22.4 Å². The summed E-state index contributed by atoms with van der Waals surface area (Å²) in [7, 11) is -3.11. The lowest BCUT2D eigenvalue weighted by atomic mass is 10.1. The van der Waals surface area contributed by atoms with Gasteiger partial charge >= 0.3 is 5.97 Å². The summed E-state index contributed by atoms with van der Waals surface area (Å²) >= 11 is 6.41. The van der Waals surface area contributed by atoms with Crippen molar-refractivity contribution < 1.29 is 27.1 Å². The van der Waals surface area contributed by atoms with E-state index in [0.29, 0.717) is 34.6 Å². The number of halogens is 2. The topological polar surface area (TPSA) is 100 Å². The number of esters is 1. The van der Waals surface area contributed by atoms with Crippen molar-refractivity contribution in [2.24, 2.45) is 0 Å². The third-order valence-corrected chi connectivity index (χ3v) is 8.30. The van der Waals surface area contributed by atoms with Gasteiger partial charge in [0, 0.05) is 34.3 Å². The van der Waals surface area contributed by atoms with Crippen LogP contribution in [0.3, 0.4) is 0 Å². The second-order valence-corrected chi connectivity index (χ2v) is 11.3. The van der Waals surface area contributed by atoms with E-state index in [0.717, 1.165) is 11.8 Å². The molecule has 0 aliphatic carbocycles. The number of Topliss-reactive ketones (excluding diaryl/α,β-unsaturated/α-hetero) is 1. The fraction of sp³-hybridized carbons (Fsp3) is 0.320. The molecule has 0 radical (unpaired) electrons. The van der Waals surface area contributed by atoms with E-state index in [1.165, 1.54) is 22.9 Å². The highest BCUT2D eigenvalue weighted by molar-refractivity contribution is 7.91. The minimum atomic E-state index is -3.11. The number of hydrogen-bond donors (Lipinski definition) is 0. The quantitative estimate of drug-likeness (QED) is 0.256. The predicted octanol–water partition coefficient (Wildman–Crippen LogP) is 4.19. The van der Waals surface area contributed by atoms with Crippen molar-refractivity contribution in [1.29, 1.82) is 0 Å². The Morgan fingerprint density at radius 2 is 1.92 bits per heavy atom. The zero-order chi connectivity index (χ0) is 26.2. The van der Waals surface area contributed by atoms with Gasteiger partial charge in [-0.3, -0.25) is 4.79 Å². The second kappa shape index (κ2) is 10.0. The average Bonchev–Trinajstić information content (AvgIpc) is 3.43. The number of ketones is 1. The minimum absolute atomic E-state index is 0.0249. The minimum Gasteiger partial charge on any atom is -0.454 e. The average molecular weight is 534 g/mol. The van der Waals surface area contributed by atoms with Gasteiger partial charge in [-0.15, -0.1) is 0 Å². The van der Waals surface area contributed by atoms with Gasteiger partial charge in [0.15, 0.2) is 16.4 Å². The Hall–Kier alpha value is -3.24. The van der Waals surface area contributed by atoms with Crippen LogP contribution in [0.25, 0.3) is 11.8 Å². The lowest BCUT2D eigenvalue weighted by Gasteiger charge is -2.10. The van der Waals surface area contributed by atoms with Crippen molar-refractivity contribution in [2.45, 2.75) is 33.2 Å². The van der Waals surface area contributed by atoms with Crippen molar-refractivity contribution in [2.75, 3.05) is 18.1 Å². The summed E-state index contributed by atoms with van der Waals surface area (Å²) in [4.78, 5) is 25.0. The van der Waals surface area contributed by atoms with Crippen LogP contribution in [0, 0.1) is 26.6 Å². The van der Waals surface area contributed by atoms with E-state index in [2.05, 4.69) is 5.10 Å². The number of ether oxygens (including phenoxy) is 1. The van der Waals surface area contributed by atoms with Crippen LogP contribution < -0.4 is 0 Å². The number of aryl methyl sites for hydroxylation is 2. The van der Waals surface area contributed by atoms with E-state index in [-0.39, 0.29) is 34.3 Å². The zero-order valence-corrected chi connectivity index (χ0v) is 21.6. The number of benzene rings is 1. The molecule has 1 saturated heterocycles. The zero-order valence-electron chi connectivity index (χ0n) is 20.0. The third kappa shape index (κ3) is 5.29. The van der Waals surface area contributed by atoms with Gasteiger partial charge in [0.1, 0.15) is 11.0 Å². The number of sulfone groups is 1. The van der Waals surface area contributed by atoms with Crippen molar-refractivity contribution in [3.05, 3.63) is 75.6 Å². The molecule has 0 unspecified atom stereocenters. The molecule has 1 aliphatic heterocycles. The second-order valence-electron chi connectivity index (χ2n) is 8.75. The van der Waals surface area contributed by atoms with Crippen molar-refractivity contribution in [3.8, 4) is 5.69 Å². The lowest BCUT2D eigenvalue weighted by Crippen LogP contribution is -2.13. The maximum Gasteiger partial charge on any atom is 0.331 e. The maximum atomic E-state index is 13.3. The number of carbonyl (C=O) groups excluding carboxylic acids is 2. The molecule has 0 saturated carbocycles. The standard InChI is InChI=1S/C25H25ClFN3O5S/c1-15-12-22(17(3)29(15)19-6-4-18(27)5-7-19)23(31)13-35-24(32)9-8-21-16(2)28-30(25(21)26)20-10-11-36(33,34)14-20/h4-9,12,20H,10-11,13-14H2,1-3H3/b9-8+/t20-/m1/s1. The van der Waals surface area contributed by atoms with Crippen LogP contribution in [-0.2, 0) is 19.4 Å². The highest BCUT2D eigenvalue weighted by Gasteiger charge is 2.31. The van der Waals surface area contributed by atoms with Gasteiger partial charge in [0.25, 0.3) is 0 Å². The molecular formula is C25H25ClFN3O5S. The molecule has 0 amide bonds. The number of rotatable bonds is 7. The van der Waals surface area contributed by atoms with Gasteiger partial charge in [-0.25, -0.2) is 22.3 Å². The fourth-order valence-corrected chi connectivity index (χ4v) is 6.45. The summed E-state index contributed by atoms with van der Waals surface area (Å²) in [6.07, 6.45) is 3.02. The van der Waals surface area contributed by atoms with Crippen LogP contribution in [0.1, 0.15) is 45.5 Å².